The van der Waals surface area contributed by atoms with Crippen molar-refractivity contribution in [3.8, 4) is 5.88 Å². The average molecular weight is 460 g/mol. The molecule has 3 heterocycles. The highest BCUT2D eigenvalue weighted by molar-refractivity contribution is 5.90. The lowest BCUT2D eigenvalue weighted by atomic mass is 9.85. The van der Waals surface area contributed by atoms with E-state index >= 15 is 0 Å². The van der Waals surface area contributed by atoms with Crippen molar-refractivity contribution in [3.63, 3.8) is 0 Å². The van der Waals surface area contributed by atoms with E-state index in [4.69, 9.17) is 9.47 Å². The molecule has 9 nitrogen and oxygen atoms in total. The number of rotatable bonds is 1. The second-order valence-electron chi connectivity index (χ2n) is 9.55. The van der Waals surface area contributed by atoms with Gasteiger partial charge in [0.1, 0.15) is 18.2 Å². The van der Waals surface area contributed by atoms with Gasteiger partial charge in [-0.15, -0.1) is 0 Å². The van der Waals surface area contributed by atoms with Crippen LogP contribution in [0.4, 0.5) is 4.79 Å². The number of amides is 2. The first-order chi connectivity index (χ1) is 15.7. The van der Waals surface area contributed by atoms with Crippen molar-refractivity contribution in [2.75, 3.05) is 13.2 Å². The zero-order valence-corrected chi connectivity index (χ0v) is 19.5. The molecule has 3 atom stereocenters. The number of aliphatic carboxylic acids is 1. The van der Waals surface area contributed by atoms with Gasteiger partial charge < -0.3 is 24.8 Å². The lowest BCUT2D eigenvalue weighted by Gasteiger charge is -2.34. The van der Waals surface area contributed by atoms with Gasteiger partial charge in [0.05, 0.1) is 13.2 Å². The minimum atomic E-state index is -1.11. The van der Waals surface area contributed by atoms with Crippen LogP contribution in [0.25, 0.3) is 6.08 Å². The molecule has 0 radical (unpaired) electrons. The Bertz CT molecular complexity index is 894. The number of carboxylic acids is 1. The van der Waals surface area contributed by atoms with E-state index in [-0.39, 0.29) is 19.6 Å². The summed E-state index contributed by atoms with van der Waals surface area (Å²) in [6.07, 6.45) is 7.93. The van der Waals surface area contributed by atoms with Crippen molar-refractivity contribution in [1.29, 1.82) is 0 Å². The predicted molar refractivity (Wildman–Crippen MR) is 122 cm³/mol. The van der Waals surface area contributed by atoms with E-state index in [1.807, 2.05) is 45.1 Å². The molecular formula is C24H33N3O6. The molecule has 2 amide bonds. The van der Waals surface area contributed by atoms with E-state index in [2.05, 4.69) is 10.3 Å². The van der Waals surface area contributed by atoms with Gasteiger partial charge in [0.25, 0.3) is 0 Å². The summed E-state index contributed by atoms with van der Waals surface area (Å²) in [6, 6.07) is 1.70. The van der Waals surface area contributed by atoms with Crippen molar-refractivity contribution >= 4 is 24.0 Å². The minimum absolute atomic E-state index is 0.0822. The molecule has 0 unspecified atom stereocenters. The lowest BCUT2D eigenvalue weighted by molar-refractivity contribution is -0.150. The standard InChI is InChI=1S/C24H33N3O6/c1-24(2,3)19-21(28)27-15-17(14-18(27)22(29)30)33-20-16(11-9-12-25-20)10-7-5-4-6-8-13-32-23(31)26-19/h7,9-12,17-19H,4-6,8,13-15H2,1-3H3,(H,26,31)(H,29,30)/b10-7+/t17-,18+,19-/m1/s1. The maximum atomic E-state index is 13.5. The van der Waals surface area contributed by atoms with Crippen LogP contribution in [0.3, 0.4) is 0 Å². The number of fused-ring (bicyclic) bond motifs is 3. The highest BCUT2D eigenvalue weighted by Gasteiger charge is 2.46. The van der Waals surface area contributed by atoms with Crippen LogP contribution < -0.4 is 10.1 Å². The maximum Gasteiger partial charge on any atom is 0.407 e. The Morgan fingerprint density at radius 3 is 2.76 bits per heavy atom. The molecule has 2 aliphatic heterocycles. The van der Waals surface area contributed by atoms with Gasteiger partial charge in [-0.25, -0.2) is 14.6 Å². The first-order valence-electron chi connectivity index (χ1n) is 11.4. The van der Waals surface area contributed by atoms with Gasteiger partial charge in [-0.3, -0.25) is 4.79 Å². The Morgan fingerprint density at radius 1 is 1.24 bits per heavy atom. The summed E-state index contributed by atoms with van der Waals surface area (Å²) in [5, 5.41) is 12.4. The SMILES string of the molecule is CC(C)(C)[C@@H]1NC(=O)OCCCCC/C=C/c2cccnc2O[C@@H]2C[C@@H](C(=O)O)N(C2)C1=O. The van der Waals surface area contributed by atoms with Crippen molar-refractivity contribution in [2.45, 2.75) is 71.1 Å². The first-order valence-corrected chi connectivity index (χ1v) is 11.4. The van der Waals surface area contributed by atoms with Crippen molar-refractivity contribution in [2.24, 2.45) is 5.41 Å². The van der Waals surface area contributed by atoms with Crippen LogP contribution in [0, 0.1) is 5.41 Å². The molecule has 2 bridgehead atoms. The molecule has 1 saturated heterocycles. The number of alkyl carbamates (subject to hydrolysis) is 1. The molecule has 1 fully saturated rings. The minimum Gasteiger partial charge on any atom is -0.480 e. The third-order valence-electron chi connectivity index (χ3n) is 5.83. The molecule has 1 aromatic heterocycles. The lowest BCUT2D eigenvalue weighted by Crippen LogP contribution is -2.57. The second kappa shape index (κ2) is 10.7. The molecule has 9 heteroatoms. The van der Waals surface area contributed by atoms with E-state index < -0.39 is 41.6 Å². The highest BCUT2D eigenvalue weighted by Crippen LogP contribution is 2.29. The molecule has 2 N–H and O–H groups in total. The monoisotopic (exact) mass is 459 g/mol. The first kappa shape index (κ1) is 24.5. The Morgan fingerprint density at radius 2 is 2.03 bits per heavy atom. The van der Waals surface area contributed by atoms with E-state index in [0.717, 1.165) is 24.8 Å². The summed E-state index contributed by atoms with van der Waals surface area (Å²) in [4.78, 5) is 43.4. The molecule has 0 spiro atoms. The summed E-state index contributed by atoms with van der Waals surface area (Å²) in [7, 11) is 0. The zero-order valence-electron chi connectivity index (χ0n) is 19.5. The van der Waals surface area contributed by atoms with Crippen molar-refractivity contribution in [1.82, 2.24) is 15.2 Å². The maximum absolute atomic E-state index is 13.5. The fraction of sp³-hybridized carbons (Fsp3) is 0.583. The molecule has 33 heavy (non-hydrogen) atoms. The third-order valence-corrected chi connectivity index (χ3v) is 5.83. The Kier molecular flexibility index (Phi) is 7.94. The molecule has 0 aliphatic carbocycles. The quantitative estimate of drug-likeness (QED) is 0.662. The molecule has 0 saturated carbocycles. The molecule has 2 aliphatic rings. The molecule has 1 aromatic rings. The number of carbonyl (C=O) groups excluding carboxylic acids is 2. The van der Waals surface area contributed by atoms with Crippen LogP contribution in [0.5, 0.6) is 5.88 Å². The normalized spacial score (nSPS) is 26.2. The zero-order chi connectivity index (χ0) is 24.0. The number of pyridine rings is 1. The van der Waals surface area contributed by atoms with Crippen molar-refractivity contribution < 1.29 is 29.0 Å². The smallest absolute Gasteiger partial charge is 0.407 e. The Labute approximate surface area is 194 Å². The van der Waals surface area contributed by atoms with Crippen LogP contribution in [0.15, 0.2) is 24.4 Å². The third kappa shape index (κ3) is 6.46. The number of carbonyl (C=O) groups is 3. The van der Waals surface area contributed by atoms with Gasteiger partial charge in [0.2, 0.25) is 11.8 Å². The number of allylic oxidation sites excluding steroid dienone is 1. The fourth-order valence-electron chi connectivity index (χ4n) is 4.04. The van der Waals surface area contributed by atoms with Gasteiger partial charge in [0.15, 0.2) is 0 Å². The van der Waals surface area contributed by atoms with E-state index in [1.165, 1.54) is 4.90 Å². The van der Waals surface area contributed by atoms with E-state index in [1.54, 1.807) is 6.20 Å². The van der Waals surface area contributed by atoms with Crippen molar-refractivity contribution in [3.05, 3.63) is 30.0 Å². The van der Waals surface area contributed by atoms with Crippen LogP contribution in [0.1, 0.15) is 58.4 Å². The number of aromatic nitrogens is 1. The number of carboxylic acid groups (broad SMARTS) is 1. The number of cyclic esters (lactones) is 1. The average Bonchev–Trinajstić information content (AvgIpc) is 3.17. The second-order valence-corrected chi connectivity index (χ2v) is 9.55. The summed E-state index contributed by atoms with van der Waals surface area (Å²) >= 11 is 0. The highest BCUT2D eigenvalue weighted by atomic mass is 16.5. The van der Waals surface area contributed by atoms with Crippen LogP contribution in [-0.4, -0.2) is 64.3 Å². The number of ether oxygens (including phenoxy) is 2. The summed E-state index contributed by atoms with van der Waals surface area (Å²) < 4.78 is 11.3. The summed E-state index contributed by atoms with van der Waals surface area (Å²) in [5.41, 5.74) is 0.149. The molecule has 3 rings (SSSR count). The topological polar surface area (TPSA) is 118 Å². The molecule has 180 valence electrons. The van der Waals surface area contributed by atoms with Crippen LogP contribution >= 0.6 is 0 Å². The van der Waals surface area contributed by atoms with E-state index in [9.17, 15) is 19.5 Å². The van der Waals surface area contributed by atoms with Crippen LogP contribution in [-0.2, 0) is 14.3 Å². The Balaban J connectivity index is 1.91. The van der Waals surface area contributed by atoms with Gasteiger partial charge in [-0.1, -0.05) is 32.9 Å². The summed E-state index contributed by atoms with van der Waals surface area (Å²) in [5.74, 6) is -1.18. The van der Waals surface area contributed by atoms with Gasteiger partial charge >= 0.3 is 12.1 Å². The molecular weight excluding hydrogens is 426 g/mol. The fourth-order valence-corrected chi connectivity index (χ4v) is 4.04. The van der Waals surface area contributed by atoms with Crippen LogP contribution in [0.2, 0.25) is 0 Å². The predicted octanol–water partition coefficient (Wildman–Crippen LogP) is 3.24. The van der Waals surface area contributed by atoms with Gasteiger partial charge in [0, 0.05) is 18.2 Å². The van der Waals surface area contributed by atoms with E-state index in [0.29, 0.717) is 12.3 Å². The van der Waals surface area contributed by atoms with Gasteiger partial charge in [-0.2, -0.15) is 0 Å². The summed E-state index contributed by atoms with van der Waals surface area (Å²) in [6.45, 7) is 5.78. The number of hydrogen-bond acceptors (Lipinski definition) is 6. The van der Waals surface area contributed by atoms with Gasteiger partial charge in [-0.05, 0) is 43.2 Å². The molecule has 0 aromatic carbocycles. The number of nitrogens with one attached hydrogen (secondary N) is 1. The largest absolute Gasteiger partial charge is 0.480 e. The Hall–Kier alpha value is -3.10. The number of nitrogens with zero attached hydrogens (tertiary/aromatic N) is 2. The number of hydrogen-bond donors (Lipinski definition) is 2.